The summed E-state index contributed by atoms with van der Waals surface area (Å²) in [5.41, 5.74) is 0.547. The Bertz CT molecular complexity index is 681. The van der Waals surface area contributed by atoms with Crippen LogP contribution in [0.1, 0.15) is 0 Å². The van der Waals surface area contributed by atoms with Gasteiger partial charge in [-0.05, 0) is 12.1 Å². The van der Waals surface area contributed by atoms with Crippen molar-refractivity contribution in [3.05, 3.63) is 33.7 Å². The molecule has 0 atom stereocenters. The van der Waals surface area contributed by atoms with Gasteiger partial charge in [-0.2, -0.15) is 4.98 Å². The summed E-state index contributed by atoms with van der Waals surface area (Å²) in [6.07, 6.45) is 0. The molecule has 0 bridgehead atoms. The second-order valence-electron chi connectivity index (χ2n) is 2.84. The SMILES string of the molecule is O=c1nc2sc3c(Cl)cccc3n2[nH]1. The van der Waals surface area contributed by atoms with Crippen LogP contribution in [0, 0.1) is 0 Å². The number of H-pyrrole nitrogens is 1. The van der Waals surface area contributed by atoms with Crippen molar-refractivity contribution in [1.82, 2.24) is 14.6 Å². The Kier molecular flexibility index (Phi) is 1.48. The van der Waals surface area contributed by atoms with Gasteiger partial charge in [0.25, 0.3) is 0 Å². The lowest BCUT2D eigenvalue weighted by Gasteiger charge is -1.91. The Morgan fingerprint density at radius 2 is 2.36 bits per heavy atom. The molecular weight excluding hydrogens is 222 g/mol. The predicted octanol–water partition coefficient (Wildman–Crippen LogP) is 1.89. The van der Waals surface area contributed by atoms with Gasteiger partial charge in [-0.1, -0.05) is 29.0 Å². The smallest absolute Gasteiger partial charge is 0.244 e. The van der Waals surface area contributed by atoms with E-state index in [0.717, 1.165) is 10.2 Å². The first-order valence-corrected chi connectivity index (χ1v) is 5.11. The monoisotopic (exact) mass is 225 g/mol. The number of hydrogen-bond donors (Lipinski definition) is 1. The molecule has 0 saturated carbocycles. The Labute approximate surface area is 86.7 Å². The summed E-state index contributed by atoms with van der Waals surface area (Å²) >= 11 is 7.40. The number of rotatable bonds is 0. The van der Waals surface area contributed by atoms with Gasteiger partial charge in [-0.25, -0.2) is 14.4 Å². The number of benzene rings is 1. The zero-order chi connectivity index (χ0) is 9.71. The molecule has 4 nitrogen and oxygen atoms in total. The fourth-order valence-corrected chi connectivity index (χ4v) is 2.66. The lowest BCUT2D eigenvalue weighted by Crippen LogP contribution is -2.02. The molecule has 3 rings (SSSR count). The second kappa shape index (κ2) is 2.59. The number of aromatic nitrogens is 3. The van der Waals surface area contributed by atoms with Crippen molar-refractivity contribution in [3.63, 3.8) is 0 Å². The first-order valence-electron chi connectivity index (χ1n) is 3.91. The van der Waals surface area contributed by atoms with Gasteiger partial charge in [0, 0.05) is 0 Å². The molecular formula is C8H4ClN3OS. The van der Waals surface area contributed by atoms with Gasteiger partial charge in [-0.3, -0.25) is 0 Å². The molecule has 0 fully saturated rings. The molecule has 70 valence electrons. The third kappa shape index (κ3) is 0.935. The molecule has 2 heterocycles. The van der Waals surface area contributed by atoms with Crippen LogP contribution in [0.15, 0.2) is 23.0 Å². The summed E-state index contributed by atoms with van der Waals surface area (Å²) in [6, 6.07) is 5.55. The molecule has 2 aromatic heterocycles. The molecule has 3 aromatic rings. The van der Waals surface area contributed by atoms with E-state index >= 15 is 0 Å². The standard InChI is InChI=1S/C8H4ClN3OS/c9-4-2-1-3-5-6(4)14-8-10-7(13)11-12(5)8/h1-3H,(H,11,13). The molecule has 14 heavy (non-hydrogen) atoms. The minimum Gasteiger partial charge on any atom is -0.244 e. The average molecular weight is 226 g/mol. The molecule has 1 N–H and O–H groups in total. The summed E-state index contributed by atoms with van der Waals surface area (Å²) in [5.74, 6) is 0. The van der Waals surface area contributed by atoms with E-state index in [1.165, 1.54) is 11.3 Å². The van der Waals surface area contributed by atoms with Crippen LogP contribution in [0.2, 0.25) is 5.02 Å². The van der Waals surface area contributed by atoms with Crippen molar-refractivity contribution in [2.45, 2.75) is 0 Å². The van der Waals surface area contributed by atoms with E-state index in [9.17, 15) is 4.79 Å². The number of nitrogens with one attached hydrogen (secondary N) is 1. The second-order valence-corrected chi connectivity index (χ2v) is 4.22. The van der Waals surface area contributed by atoms with Crippen LogP contribution < -0.4 is 5.69 Å². The predicted molar refractivity (Wildman–Crippen MR) is 56.2 cm³/mol. The van der Waals surface area contributed by atoms with Crippen molar-refractivity contribution in [3.8, 4) is 0 Å². The van der Waals surface area contributed by atoms with Crippen LogP contribution in [-0.4, -0.2) is 14.6 Å². The fraction of sp³-hybridized carbons (Fsp3) is 0. The number of halogens is 1. The molecule has 0 aliphatic carbocycles. The quantitative estimate of drug-likeness (QED) is 0.635. The van der Waals surface area contributed by atoms with E-state index < -0.39 is 0 Å². The Balaban J connectivity index is 2.65. The van der Waals surface area contributed by atoms with Crippen LogP contribution in [0.25, 0.3) is 15.2 Å². The van der Waals surface area contributed by atoms with Crippen LogP contribution in [0.5, 0.6) is 0 Å². The van der Waals surface area contributed by atoms with Crippen LogP contribution in [0.4, 0.5) is 0 Å². The molecule has 1 aromatic carbocycles. The molecule has 0 unspecified atom stereocenters. The molecule has 0 amide bonds. The maximum atomic E-state index is 11.0. The van der Waals surface area contributed by atoms with E-state index in [1.54, 1.807) is 4.52 Å². The topological polar surface area (TPSA) is 50.2 Å². The Morgan fingerprint density at radius 1 is 1.50 bits per heavy atom. The zero-order valence-corrected chi connectivity index (χ0v) is 8.39. The molecule has 0 spiro atoms. The van der Waals surface area contributed by atoms with Gasteiger partial charge in [0.05, 0.1) is 15.2 Å². The highest BCUT2D eigenvalue weighted by Gasteiger charge is 2.09. The Morgan fingerprint density at radius 3 is 3.21 bits per heavy atom. The van der Waals surface area contributed by atoms with Gasteiger partial charge >= 0.3 is 5.69 Å². The summed E-state index contributed by atoms with van der Waals surface area (Å²) in [6.45, 7) is 0. The lowest BCUT2D eigenvalue weighted by molar-refractivity contribution is 0.979. The summed E-state index contributed by atoms with van der Waals surface area (Å²) in [4.78, 5) is 15.4. The van der Waals surface area contributed by atoms with Crippen molar-refractivity contribution in [2.24, 2.45) is 0 Å². The van der Waals surface area contributed by atoms with Crippen LogP contribution >= 0.6 is 22.9 Å². The van der Waals surface area contributed by atoms with Gasteiger partial charge < -0.3 is 0 Å². The minimum absolute atomic E-state index is 0.335. The highest BCUT2D eigenvalue weighted by atomic mass is 35.5. The lowest BCUT2D eigenvalue weighted by atomic mass is 10.3. The zero-order valence-electron chi connectivity index (χ0n) is 6.82. The van der Waals surface area contributed by atoms with Crippen molar-refractivity contribution in [1.29, 1.82) is 0 Å². The number of aromatic amines is 1. The first kappa shape index (κ1) is 8.02. The third-order valence-electron chi connectivity index (χ3n) is 1.98. The minimum atomic E-state index is -0.335. The van der Waals surface area contributed by atoms with E-state index in [0.29, 0.717) is 9.98 Å². The van der Waals surface area contributed by atoms with E-state index in [-0.39, 0.29) is 5.69 Å². The number of hydrogen-bond acceptors (Lipinski definition) is 3. The highest BCUT2D eigenvalue weighted by Crippen LogP contribution is 2.29. The normalized spacial score (nSPS) is 11.5. The number of nitrogens with zero attached hydrogens (tertiary/aromatic N) is 2. The maximum Gasteiger partial charge on any atom is 0.362 e. The van der Waals surface area contributed by atoms with Crippen molar-refractivity contribution < 1.29 is 0 Å². The average Bonchev–Trinajstić information content (AvgIpc) is 2.63. The van der Waals surface area contributed by atoms with E-state index in [1.807, 2.05) is 18.2 Å². The molecule has 0 aliphatic heterocycles. The maximum absolute atomic E-state index is 11.0. The van der Waals surface area contributed by atoms with Gasteiger partial charge in [0.1, 0.15) is 0 Å². The highest BCUT2D eigenvalue weighted by molar-refractivity contribution is 7.24. The largest absolute Gasteiger partial charge is 0.362 e. The number of thiazole rings is 1. The molecule has 0 saturated heterocycles. The van der Waals surface area contributed by atoms with E-state index in [2.05, 4.69) is 10.1 Å². The van der Waals surface area contributed by atoms with Crippen molar-refractivity contribution >= 4 is 38.1 Å². The van der Waals surface area contributed by atoms with Crippen LogP contribution in [0.3, 0.4) is 0 Å². The van der Waals surface area contributed by atoms with Gasteiger partial charge in [0.15, 0.2) is 0 Å². The first-order chi connectivity index (χ1) is 6.75. The summed E-state index contributed by atoms with van der Waals surface area (Å²) in [7, 11) is 0. The number of fused-ring (bicyclic) bond motifs is 3. The third-order valence-corrected chi connectivity index (χ3v) is 3.49. The Hall–Kier alpha value is -1.33. The van der Waals surface area contributed by atoms with Gasteiger partial charge in [0.2, 0.25) is 4.96 Å². The van der Waals surface area contributed by atoms with E-state index in [4.69, 9.17) is 11.6 Å². The molecule has 6 heteroatoms. The fourth-order valence-electron chi connectivity index (χ4n) is 1.40. The van der Waals surface area contributed by atoms with Gasteiger partial charge in [-0.15, -0.1) is 0 Å². The molecule has 0 aliphatic rings. The van der Waals surface area contributed by atoms with Crippen molar-refractivity contribution in [2.75, 3.05) is 0 Å². The summed E-state index contributed by atoms with van der Waals surface area (Å²) < 4.78 is 2.58. The molecule has 0 radical (unpaired) electrons. The summed E-state index contributed by atoms with van der Waals surface area (Å²) in [5, 5.41) is 3.29. The van der Waals surface area contributed by atoms with Crippen LogP contribution in [-0.2, 0) is 0 Å².